The van der Waals surface area contributed by atoms with Crippen LogP contribution in [0, 0.1) is 5.92 Å². The maximum absolute atomic E-state index is 11.0. The van der Waals surface area contributed by atoms with Crippen molar-refractivity contribution in [2.24, 2.45) is 5.92 Å². The number of pyridine rings is 1. The molecule has 0 amide bonds. The van der Waals surface area contributed by atoms with E-state index in [2.05, 4.69) is 38.8 Å². The largest absolute Gasteiger partial charge is 0.478 e. The molecule has 3 atom stereocenters. The molecule has 6 heteroatoms. The standard InChI is InChI=1S/C18H27NO4Si/c1-18(2,3)24(4,5)23-15-12-22-17(13-7-6-10-19-11-13)14(15)8-9-16(20)21/h6-11,14-15,17H,12H2,1-5H3,(H,20,21)/b9-8+. The maximum atomic E-state index is 11.0. The van der Waals surface area contributed by atoms with Crippen LogP contribution in [0.3, 0.4) is 0 Å². The van der Waals surface area contributed by atoms with Crippen LogP contribution in [0.4, 0.5) is 0 Å². The third-order valence-corrected chi connectivity index (χ3v) is 9.45. The molecule has 1 saturated heterocycles. The molecule has 2 heterocycles. The molecule has 3 unspecified atom stereocenters. The lowest BCUT2D eigenvalue weighted by Gasteiger charge is -2.39. The third kappa shape index (κ3) is 4.31. The van der Waals surface area contributed by atoms with Crippen LogP contribution in [0.5, 0.6) is 0 Å². The Morgan fingerprint density at radius 2 is 2.17 bits per heavy atom. The van der Waals surface area contributed by atoms with Crippen molar-refractivity contribution in [3.05, 3.63) is 42.2 Å². The fraction of sp³-hybridized carbons (Fsp3) is 0.556. The Morgan fingerprint density at radius 1 is 1.46 bits per heavy atom. The number of hydrogen-bond acceptors (Lipinski definition) is 4. The van der Waals surface area contributed by atoms with Crippen molar-refractivity contribution in [2.75, 3.05) is 6.61 Å². The van der Waals surface area contributed by atoms with E-state index in [1.54, 1.807) is 18.5 Å². The second-order valence-corrected chi connectivity index (χ2v) is 12.5. The van der Waals surface area contributed by atoms with Crippen molar-refractivity contribution in [2.45, 2.75) is 51.1 Å². The minimum Gasteiger partial charge on any atom is -0.478 e. The van der Waals surface area contributed by atoms with Gasteiger partial charge in [0.2, 0.25) is 0 Å². The lowest BCUT2D eigenvalue weighted by atomic mass is 9.94. The molecule has 132 valence electrons. The summed E-state index contributed by atoms with van der Waals surface area (Å²) >= 11 is 0. The Kier molecular flexibility index (Phi) is 5.62. The van der Waals surface area contributed by atoms with Crippen LogP contribution in [0.15, 0.2) is 36.7 Å². The van der Waals surface area contributed by atoms with E-state index in [4.69, 9.17) is 14.3 Å². The van der Waals surface area contributed by atoms with Gasteiger partial charge in [-0.05, 0) is 29.8 Å². The summed E-state index contributed by atoms with van der Waals surface area (Å²) in [5.41, 5.74) is 0.943. The monoisotopic (exact) mass is 349 g/mol. The highest BCUT2D eigenvalue weighted by molar-refractivity contribution is 6.74. The molecular formula is C18H27NO4Si. The van der Waals surface area contributed by atoms with Crippen LogP contribution < -0.4 is 0 Å². The fourth-order valence-corrected chi connectivity index (χ4v) is 3.90. The van der Waals surface area contributed by atoms with Gasteiger partial charge in [0.1, 0.15) is 0 Å². The molecule has 0 spiro atoms. The maximum Gasteiger partial charge on any atom is 0.327 e. The molecule has 1 aromatic heterocycles. The van der Waals surface area contributed by atoms with Crippen LogP contribution in [0.2, 0.25) is 18.1 Å². The highest BCUT2D eigenvalue weighted by atomic mass is 28.4. The van der Waals surface area contributed by atoms with Crippen molar-refractivity contribution in [3.63, 3.8) is 0 Å². The van der Waals surface area contributed by atoms with Crippen LogP contribution >= 0.6 is 0 Å². The zero-order valence-corrected chi connectivity index (χ0v) is 16.0. The summed E-state index contributed by atoms with van der Waals surface area (Å²) < 4.78 is 12.5. The van der Waals surface area contributed by atoms with Crippen molar-refractivity contribution < 1.29 is 19.1 Å². The normalized spacial score (nSPS) is 25.3. The van der Waals surface area contributed by atoms with Crippen molar-refractivity contribution in [3.8, 4) is 0 Å². The first-order valence-electron chi connectivity index (χ1n) is 8.22. The highest BCUT2D eigenvalue weighted by Gasteiger charge is 2.45. The number of carboxylic acids is 1. The van der Waals surface area contributed by atoms with Gasteiger partial charge in [0.05, 0.1) is 18.8 Å². The first-order chi connectivity index (χ1) is 11.1. The molecule has 5 nitrogen and oxygen atoms in total. The van der Waals surface area contributed by atoms with E-state index in [9.17, 15) is 4.79 Å². The molecule has 2 rings (SSSR count). The molecular weight excluding hydrogens is 322 g/mol. The molecule has 1 aromatic rings. The van der Waals surface area contributed by atoms with E-state index in [0.717, 1.165) is 5.56 Å². The van der Waals surface area contributed by atoms with Crippen molar-refractivity contribution in [1.29, 1.82) is 0 Å². The van der Waals surface area contributed by atoms with E-state index in [-0.39, 0.29) is 23.2 Å². The number of aromatic nitrogens is 1. The second kappa shape index (κ2) is 7.17. The predicted octanol–water partition coefficient (Wildman–Crippen LogP) is 3.80. The van der Waals surface area contributed by atoms with Crippen LogP contribution in [-0.4, -0.2) is 37.1 Å². The molecule has 0 radical (unpaired) electrons. The zero-order chi connectivity index (χ0) is 18.0. The van der Waals surface area contributed by atoms with Crippen LogP contribution in [0.1, 0.15) is 32.4 Å². The first-order valence-corrected chi connectivity index (χ1v) is 11.1. The number of ether oxygens (including phenoxy) is 1. The average molecular weight is 350 g/mol. The summed E-state index contributed by atoms with van der Waals surface area (Å²) in [4.78, 5) is 15.1. The Bertz CT molecular complexity index is 595. The number of carbonyl (C=O) groups is 1. The number of aliphatic carboxylic acids is 1. The smallest absolute Gasteiger partial charge is 0.327 e. The first kappa shape index (κ1) is 18.8. The van der Waals surface area contributed by atoms with Crippen molar-refractivity contribution in [1.82, 2.24) is 4.98 Å². The van der Waals surface area contributed by atoms with E-state index >= 15 is 0 Å². The number of nitrogens with zero attached hydrogens (tertiary/aromatic N) is 1. The highest BCUT2D eigenvalue weighted by Crippen LogP contribution is 2.43. The SMILES string of the molecule is CC(C)(C)[Si](C)(C)OC1COC(c2cccnc2)C1/C=C/C(=O)O. The number of hydrogen-bond donors (Lipinski definition) is 1. The third-order valence-electron chi connectivity index (χ3n) is 4.95. The lowest BCUT2D eigenvalue weighted by Crippen LogP contribution is -2.45. The van der Waals surface area contributed by atoms with E-state index < -0.39 is 14.3 Å². The summed E-state index contributed by atoms with van der Waals surface area (Å²) in [5.74, 6) is -1.10. The fourth-order valence-electron chi connectivity index (χ4n) is 2.56. The van der Waals surface area contributed by atoms with Gasteiger partial charge in [0.15, 0.2) is 8.32 Å². The average Bonchev–Trinajstić information content (AvgIpc) is 2.87. The van der Waals surface area contributed by atoms with Crippen LogP contribution in [0.25, 0.3) is 0 Å². The van der Waals surface area contributed by atoms with Gasteiger partial charge < -0.3 is 14.3 Å². The summed E-state index contributed by atoms with van der Waals surface area (Å²) in [6.45, 7) is 11.4. The van der Waals surface area contributed by atoms with E-state index in [1.165, 1.54) is 6.08 Å². The van der Waals surface area contributed by atoms with Gasteiger partial charge in [-0.2, -0.15) is 0 Å². The quantitative estimate of drug-likeness (QED) is 0.647. The Morgan fingerprint density at radius 3 is 2.71 bits per heavy atom. The number of rotatable bonds is 5. The lowest BCUT2D eigenvalue weighted by molar-refractivity contribution is -0.131. The minimum atomic E-state index is -1.98. The molecule has 1 fully saturated rings. The Hall–Kier alpha value is -1.50. The van der Waals surface area contributed by atoms with Gasteiger partial charge in [-0.25, -0.2) is 4.79 Å². The predicted molar refractivity (Wildman–Crippen MR) is 95.3 cm³/mol. The van der Waals surface area contributed by atoms with Gasteiger partial charge in [-0.3, -0.25) is 4.98 Å². The molecule has 0 aliphatic carbocycles. The summed E-state index contributed by atoms with van der Waals surface area (Å²) in [5, 5.41) is 9.09. The van der Waals surface area contributed by atoms with E-state index in [1.807, 2.05) is 12.1 Å². The Balaban J connectivity index is 2.26. The summed E-state index contributed by atoms with van der Waals surface area (Å²) in [6.07, 6.45) is 5.98. The van der Waals surface area contributed by atoms with E-state index in [0.29, 0.717) is 6.61 Å². The van der Waals surface area contributed by atoms with Crippen molar-refractivity contribution >= 4 is 14.3 Å². The molecule has 0 bridgehead atoms. The topological polar surface area (TPSA) is 68.7 Å². The molecule has 1 aliphatic heterocycles. The Labute approximate surface area is 144 Å². The second-order valence-electron chi connectivity index (χ2n) is 7.73. The molecule has 0 aromatic carbocycles. The molecule has 24 heavy (non-hydrogen) atoms. The minimum absolute atomic E-state index is 0.0838. The van der Waals surface area contributed by atoms with Gasteiger partial charge >= 0.3 is 5.97 Å². The van der Waals surface area contributed by atoms with Gasteiger partial charge in [-0.1, -0.05) is 32.9 Å². The van der Waals surface area contributed by atoms with Gasteiger partial charge in [0, 0.05) is 24.4 Å². The summed E-state index contributed by atoms with van der Waals surface area (Å²) in [6, 6.07) is 3.81. The summed E-state index contributed by atoms with van der Waals surface area (Å²) in [7, 11) is -1.98. The zero-order valence-electron chi connectivity index (χ0n) is 15.0. The number of carboxylic acid groups (broad SMARTS) is 1. The molecule has 1 aliphatic rings. The van der Waals surface area contributed by atoms with Crippen LogP contribution in [-0.2, 0) is 14.0 Å². The van der Waals surface area contributed by atoms with Gasteiger partial charge in [0.25, 0.3) is 0 Å². The van der Waals surface area contributed by atoms with Gasteiger partial charge in [-0.15, -0.1) is 0 Å². The molecule has 1 N–H and O–H groups in total. The molecule has 0 saturated carbocycles.